The Morgan fingerprint density at radius 2 is 2.13 bits per heavy atom. The van der Waals surface area contributed by atoms with Gasteiger partial charge >= 0.3 is 0 Å². The first-order chi connectivity index (χ1) is 7.26. The van der Waals surface area contributed by atoms with Crippen molar-refractivity contribution in [3.05, 3.63) is 0 Å². The van der Waals surface area contributed by atoms with Gasteiger partial charge in [-0.05, 0) is 19.3 Å². The van der Waals surface area contributed by atoms with E-state index < -0.39 is 0 Å². The molecule has 90 valence electrons. The second-order valence-electron chi connectivity index (χ2n) is 3.60. The molecule has 0 saturated carbocycles. The second-order valence-corrected chi connectivity index (χ2v) is 3.60. The average Bonchev–Trinajstić information content (AvgIpc) is 2.25. The summed E-state index contributed by atoms with van der Waals surface area (Å²) in [6.07, 6.45) is 2.71. The van der Waals surface area contributed by atoms with Gasteiger partial charge in [0.15, 0.2) is 0 Å². The summed E-state index contributed by atoms with van der Waals surface area (Å²) < 4.78 is 5.30. The molecule has 0 aliphatic heterocycles. The molecule has 1 amide bonds. The summed E-state index contributed by atoms with van der Waals surface area (Å²) in [6, 6.07) is 0. The van der Waals surface area contributed by atoms with E-state index in [1.807, 2.05) is 6.92 Å². The minimum absolute atomic E-state index is 0.0402. The molecule has 0 saturated heterocycles. The average molecular weight is 216 g/mol. The Bertz CT molecular complexity index is 159. The molecule has 0 heterocycles. The second kappa shape index (κ2) is 9.93. The number of nitrogens with two attached hydrogens (primary N) is 1. The zero-order valence-corrected chi connectivity index (χ0v) is 9.92. The molecule has 0 aromatic carbocycles. The third-order valence-corrected chi connectivity index (χ3v) is 2.26. The molecule has 0 radical (unpaired) electrons. The maximum atomic E-state index is 11.5. The van der Waals surface area contributed by atoms with Crippen molar-refractivity contribution in [2.24, 2.45) is 11.7 Å². The summed E-state index contributed by atoms with van der Waals surface area (Å²) in [6.45, 7) is 6.67. The summed E-state index contributed by atoms with van der Waals surface area (Å²) >= 11 is 0. The normalized spacial score (nSPS) is 12.5. The minimum atomic E-state index is -0.0402. The Hall–Kier alpha value is -0.610. The molecule has 0 aliphatic rings. The van der Waals surface area contributed by atoms with Crippen LogP contribution in [0.25, 0.3) is 0 Å². The first-order valence-corrected chi connectivity index (χ1v) is 5.81. The molecule has 0 spiro atoms. The van der Waals surface area contributed by atoms with Gasteiger partial charge < -0.3 is 15.8 Å². The zero-order valence-electron chi connectivity index (χ0n) is 9.92. The number of amides is 1. The highest BCUT2D eigenvalue weighted by Gasteiger charge is 2.12. The number of ether oxygens (including phenoxy) is 1. The molecule has 0 rings (SSSR count). The maximum Gasteiger partial charge on any atom is 0.224 e. The Kier molecular flexibility index (Phi) is 9.52. The van der Waals surface area contributed by atoms with Gasteiger partial charge in [-0.15, -0.1) is 0 Å². The van der Waals surface area contributed by atoms with E-state index in [0.717, 1.165) is 25.9 Å². The topological polar surface area (TPSA) is 64.3 Å². The van der Waals surface area contributed by atoms with Crippen LogP contribution >= 0.6 is 0 Å². The van der Waals surface area contributed by atoms with E-state index in [9.17, 15) is 4.79 Å². The number of rotatable bonds is 9. The van der Waals surface area contributed by atoms with E-state index in [1.54, 1.807) is 0 Å². The Morgan fingerprint density at radius 3 is 2.67 bits per heavy atom. The van der Waals surface area contributed by atoms with Crippen molar-refractivity contribution in [3.63, 3.8) is 0 Å². The van der Waals surface area contributed by atoms with Crippen LogP contribution in [0.2, 0.25) is 0 Å². The number of carbonyl (C=O) groups is 1. The predicted molar refractivity (Wildman–Crippen MR) is 61.6 cm³/mol. The SMILES string of the molecule is CCCOCCCNC(=O)C(CC)CN. The first kappa shape index (κ1) is 14.4. The summed E-state index contributed by atoms with van der Waals surface area (Å²) in [7, 11) is 0. The molecule has 0 bridgehead atoms. The van der Waals surface area contributed by atoms with Gasteiger partial charge in [0.1, 0.15) is 0 Å². The lowest BCUT2D eigenvalue weighted by Gasteiger charge is -2.12. The van der Waals surface area contributed by atoms with Crippen molar-refractivity contribution in [3.8, 4) is 0 Å². The smallest absolute Gasteiger partial charge is 0.224 e. The van der Waals surface area contributed by atoms with Crippen LogP contribution in [0.1, 0.15) is 33.1 Å². The summed E-state index contributed by atoms with van der Waals surface area (Å²) in [5, 5.41) is 2.86. The van der Waals surface area contributed by atoms with Gasteiger partial charge in [0.2, 0.25) is 5.91 Å². The van der Waals surface area contributed by atoms with Gasteiger partial charge in [-0.25, -0.2) is 0 Å². The van der Waals surface area contributed by atoms with Gasteiger partial charge in [-0.1, -0.05) is 13.8 Å². The lowest BCUT2D eigenvalue weighted by atomic mass is 10.1. The Balaban J connectivity index is 3.38. The predicted octanol–water partition coefficient (Wildman–Crippen LogP) is 0.904. The molecular weight excluding hydrogens is 192 g/mol. The largest absolute Gasteiger partial charge is 0.381 e. The molecular formula is C11H24N2O2. The monoisotopic (exact) mass is 216 g/mol. The van der Waals surface area contributed by atoms with E-state index in [2.05, 4.69) is 12.2 Å². The van der Waals surface area contributed by atoms with Crippen LogP contribution in [0.3, 0.4) is 0 Å². The highest BCUT2D eigenvalue weighted by molar-refractivity contribution is 5.78. The molecule has 3 N–H and O–H groups in total. The molecule has 4 nitrogen and oxygen atoms in total. The van der Waals surface area contributed by atoms with E-state index in [1.165, 1.54) is 0 Å². The van der Waals surface area contributed by atoms with Crippen LogP contribution in [0.5, 0.6) is 0 Å². The van der Waals surface area contributed by atoms with Crippen LogP contribution in [0.15, 0.2) is 0 Å². The third kappa shape index (κ3) is 7.33. The van der Waals surface area contributed by atoms with Crippen molar-refractivity contribution in [1.82, 2.24) is 5.32 Å². The molecule has 0 aliphatic carbocycles. The molecule has 0 aromatic heterocycles. The molecule has 15 heavy (non-hydrogen) atoms. The fourth-order valence-electron chi connectivity index (χ4n) is 1.24. The van der Waals surface area contributed by atoms with E-state index in [-0.39, 0.29) is 11.8 Å². The van der Waals surface area contributed by atoms with Gasteiger partial charge in [0.05, 0.1) is 0 Å². The lowest BCUT2D eigenvalue weighted by molar-refractivity contribution is -0.124. The third-order valence-electron chi connectivity index (χ3n) is 2.26. The lowest BCUT2D eigenvalue weighted by Crippen LogP contribution is -2.35. The van der Waals surface area contributed by atoms with Crippen LogP contribution < -0.4 is 11.1 Å². The van der Waals surface area contributed by atoms with Gasteiger partial charge in [-0.2, -0.15) is 0 Å². The first-order valence-electron chi connectivity index (χ1n) is 5.81. The van der Waals surface area contributed by atoms with Crippen molar-refractivity contribution in [1.29, 1.82) is 0 Å². The van der Waals surface area contributed by atoms with Gasteiger partial charge in [0, 0.05) is 32.2 Å². The number of hydrogen-bond acceptors (Lipinski definition) is 3. The summed E-state index contributed by atoms with van der Waals surface area (Å²) in [4.78, 5) is 11.5. The summed E-state index contributed by atoms with van der Waals surface area (Å²) in [5.74, 6) is 0.0250. The fraction of sp³-hybridized carbons (Fsp3) is 0.909. The minimum Gasteiger partial charge on any atom is -0.381 e. The van der Waals surface area contributed by atoms with Crippen molar-refractivity contribution in [2.45, 2.75) is 33.1 Å². The highest BCUT2D eigenvalue weighted by atomic mass is 16.5. The van der Waals surface area contributed by atoms with Crippen molar-refractivity contribution >= 4 is 5.91 Å². The molecule has 0 fully saturated rings. The number of nitrogens with one attached hydrogen (secondary N) is 1. The zero-order chi connectivity index (χ0) is 11.5. The maximum absolute atomic E-state index is 11.5. The molecule has 0 aromatic rings. The number of carbonyl (C=O) groups excluding carboxylic acids is 1. The Labute approximate surface area is 92.6 Å². The van der Waals surface area contributed by atoms with E-state index in [0.29, 0.717) is 19.7 Å². The van der Waals surface area contributed by atoms with Gasteiger partial charge in [0.25, 0.3) is 0 Å². The van der Waals surface area contributed by atoms with Crippen LogP contribution in [0, 0.1) is 5.92 Å². The standard InChI is InChI=1S/C11H24N2O2/c1-3-7-15-8-5-6-13-11(14)10(4-2)9-12/h10H,3-9,12H2,1-2H3,(H,13,14). The van der Waals surface area contributed by atoms with Gasteiger partial charge in [-0.3, -0.25) is 4.79 Å². The van der Waals surface area contributed by atoms with Crippen molar-refractivity contribution < 1.29 is 9.53 Å². The van der Waals surface area contributed by atoms with Crippen LogP contribution in [0.4, 0.5) is 0 Å². The highest BCUT2D eigenvalue weighted by Crippen LogP contribution is 1.99. The van der Waals surface area contributed by atoms with Crippen molar-refractivity contribution in [2.75, 3.05) is 26.3 Å². The number of hydrogen-bond donors (Lipinski definition) is 2. The quantitative estimate of drug-likeness (QED) is 0.563. The fourth-order valence-corrected chi connectivity index (χ4v) is 1.24. The van der Waals surface area contributed by atoms with E-state index >= 15 is 0 Å². The van der Waals surface area contributed by atoms with Crippen LogP contribution in [-0.2, 0) is 9.53 Å². The van der Waals surface area contributed by atoms with Crippen LogP contribution in [-0.4, -0.2) is 32.2 Å². The molecule has 1 unspecified atom stereocenters. The summed E-state index contributed by atoms with van der Waals surface area (Å²) in [5.41, 5.74) is 5.47. The van der Waals surface area contributed by atoms with E-state index in [4.69, 9.17) is 10.5 Å². The molecule has 4 heteroatoms. The Morgan fingerprint density at radius 1 is 1.40 bits per heavy atom. The molecule has 1 atom stereocenters.